The van der Waals surface area contributed by atoms with Crippen molar-refractivity contribution < 1.29 is 19.0 Å². The first-order valence-corrected chi connectivity index (χ1v) is 5.44. The highest BCUT2D eigenvalue weighted by molar-refractivity contribution is 5.84. The van der Waals surface area contributed by atoms with Crippen molar-refractivity contribution >= 4 is 17.5 Å². The van der Waals surface area contributed by atoms with E-state index in [-0.39, 0.29) is 6.29 Å². The predicted molar refractivity (Wildman–Crippen MR) is 68.8 cm³/mol. The zero-order valence-corrected chi connectivity index (χ0v) is 10.7. The summed E-state index contributed by atoms with van der Waals surface area (Å²) >= 11 is 0. The molecule has 0 unspecified atom stereocenters. The highest BCUT2D eigenvalue weighted by Gasteiger charge is 2.04. The Morgan fingerprint density at radius 1 is 1.11 bits per heavy atom. The van der Waals surface area contributed by atoms with Crippen LogP contribution >= 0.6 is 0 Å². The Bertz CT molecular complexity index is 363. The number of carbonyl (C=O) groups excluding carboxylic acids is 1. The molecule has 0 radical (unpaired) electrons. The first-order valence-electron chi connectivity index (χ1n) is 5.44. The molecule has 1 rings (SSSR count). The molecule has 0 heterocycles. The lowest BCUT2D eigenvalue weighted by atomic mass is 10.3. The quantitative estimate of drug-likeness (QED) is 0.759. The molecule has 0 aliphatic rings. The summed E-state index contributed by atoms with van der Waals surface area (Å²) < 4.78 is 14.6. The molecule has 6 heteroatoms. The third kappa shape index (κ3) is 4.60. The van der Waals surface area contributed by atoms with Gasteiger partial charge < -0.3 is 19.5 Å². The maximum Gasteiger partial charge on any atom is 0.411 e. The Hall–Kier alpha value is -1.79. The molecule has 100 valence electrons. The summed E-state index contributed by atoms with van der Waals surface area (Å²) in [6.07, 6.45) is -0.785. The second-order valence-corrected chi connectivity index (χ2v) is 3.48. The number of hydrogen-bond donors (Lipinski definition) is 2. The molecule has 1 aromatic rings. The largest absolute Gasteiger partial charge is 0.453 e. The maximum absolute atomic E-state index is 11.0. The maximum atomic E-state index is 11.0. The predicted octanol–water partition coefficient (Wildman–Crippen LogP) is 1.90. The second kappa shape index (κ2) is 7.52. The van der Waals surface area contributed by atoms with E-state index in [1.165, 1.54) is 7.11 Å². The molecule has 1 aromatic carbocycles. The van der Waals surface area contributed by atoms with Crippen LogP contribution in [0.5, 0.6) is 0 Å². The van der Waals surface area contributed by atoms with Gasteiger partial charge in [0.2, 0.25) is 0 Å². The van der Waals surface area contributed by atoms with Gasteiger partial charge in [-0.05, 0) is 24.3 Å². The molecule has 0 atom stereocenters. The lowest BCUT2D eigenvalue weighted by Gasteiger charge is -2.15. The third-order valence-electron chi connectivity index (χ3n) is 2.32. The summed E-state index contributed by atoms with van der Waals surface area (Å²) in [5, 5.41) is 5.71. The molecule has 0 aliphatic heterocycles. The molecular weight excluding hydrogens is 236 g/mol. The number of benzene rings is 1. The summed E-state index contributed by atoms with van der Waals surface area (Å²) in [6, 6.07) is 7.23. The van der Waals surface area contributed by atoms with E-state index in [1.54, 1.807) is 26.4 Å². The minimum Gasteiger partial charge on any atom is -0.453 e. The number of carbonyl (C=O) groups is 1. The Balaban J connectivity index is 2.47. The SMILES string of the molecule is COC(=O)Nc1ccc(NCC(OC)OC)cc1. The molecule has 0 bridgehead atoms. The highest BCUT2D eigenvalue weighted by atomic mass is 16.7. The molecule has 0 spiro atoms. The van der Waals surface area contributed by atoms with Crippen molar-refractivity contribution in [3.63, 3.8) is 0 Å². The first-order chi connectivity index (χ1) is 8.69. The zero-order valence-electron chi connectivity index (χ0n) is 10.7. The Kier molecular flexibility index (Phi) is 5.96. The summed E-state index contributed by atoms with van der Waals surface area (Å²) in [6.45, 7) is 0.538. The van der Waals surface area contributed by atoms with Crippen molar-refractivity contribution in [3.05, 3.63) is 24.3 Å². The number of amides is 1. The van der Waals surface area contributed by atoms with Crippen LogP contribution in [0, 0.1) is 0 Å². The number of hydrogen-bond acceptors (Lipinski definition) is 5. The molecule has 6 nitrogen and oxygen atoms in total. The van der Waals surface area contributed by atoms with Gasteiger partial charge in [0.15, 0.2) is 6.29 Å². The average molecular weight is 254 g/mol. The van der Waals surface area contributed by atoms with Crippen LogP contribution in [-0.2, 0) is 14.2 Å². The van der Waals surface area contributed by atoms with Crippen molar-refractivity contribution in [2.75, 3.05) is 38.5 Å². The van der Waals surface area contributed by atoms with Gasteiger partial charge in [-0.2, -0.15) is 0 Å². The van der Waals surface area contributed by atoms with Gasteiger partial charge >= 0.3 is 6.09 Å². The van der Waals surface area contributed by atoms with E-state index in [1.807, 2.05) is 12.1 Å². The van der Waals surface area contributed by atoms with Crippen molar-refractivity contribution in [2.24, 2.45) is 0 Å². The molecule has 0 aromatic heterocycles. The Labute approximate surface area is 106 Å². The van der Waals surface area contributed by atoms with Crippen LogP contribution in [0.1, 0.15) is 0 Å². The van der Waals surface area contributed by atoms with Gasteiger partial charge in [-0.15, -0.1) is 0 Å². The lowest BCUT2D eigenvalue weighted by Crippen LogP contribution is -2.23. The third-order valence-corrected chi connectivity index (χ3v) is 2.32. The Morgan fingerprint density at radius 3 is 2.17 bits per heavy atom. The fourth-order valence-electron chi connectivity index (χ4n) is 1.30. The van der Waals surface area contributed by atoms with Gasteiger partial charge in [-0.25, -0.2) is 4.79 Å². The van der Waals surface area contributed by atoms with Gasteiger partial charge in [-0.1, -0.05) is 0 Å². The minimum atomic E-state index is -0.491. The zero-order chi connectivity index (χ0) is 13.4. The molecular formula is C12H18N2O4. The summed E-state index contributed by atoms with van der Waals surface area (Å²) in [5.74, 6) is 0. The fraction of sp³-hybridized carbons (Fsp3) is 0.417. The number of anilines is 2. The van der Waals surface area contributed by atoms with Crippen LogP contribution in [-0.4, -0.2) is 40.3 Å². The van der Waals surface area contributed by atoms with E-state index >= 15 is 0 Å². The van der Waals surface area contributed by atoms with Crippen LogP contribution < -0.4 is 10.6 Å². The molecule has 18 heavy (non-hydrogen) atoms. The molecule has 0 fully saturated rings. The van der Waals surface area contributed by atoms with E-state index < -0.39 is 6.09 Å². The number of ether oxygens (including phenoxy) is 3. The first kappa shape index (κ1) is 14.3. The van der Waals surface area contributed by atoms with Gasteiger partial charge in [0.05, 0.1) is 13.7 Å². The van der Waals surface area contributed by atoms with E-state index in [9.17, 15) is 4.79 Å². The number of methoxy groups -OCH3 is 3. The van der Waals surface area contributed by atoms with Crippen LogP contribution in [0.2, 0.25) is 0 Å². The van der Waals surface area contributed by atoms with E-state index in [0.29, 0.717) is 12.2 Å². The fourth-order valence-corrected chi connectivity index (χ4v) is 1.30. The van der Waals surface area contributed by atoms with E-state index in [0.717, 1.165) is 5.69 Å². The van der Waals surface area contributed by atoms with Crippen molar-refractivity contribution in [2.45, 2.75) is 6.29 Å². The van der Waals surface area contributed by atoms with Gasteiger partial charge in [-0.3, -0.25) is 5.32 Å². The Morgan fingerprint density at radius 2 is 1.67 bits per heavy atom. The molecule has 1 amide bonds. The van der Waals surface area contributed by atoms with Crippen molar-refractivity contribution in [1.82, 2.24) is 0 Å². The molecule has 2 N–H and O–H groups in total. The number of nitrogens with one attached hydrogen (secondary N) is 2. The van der Waals surface area contributed by atoms with Crippen molar-refractivity contribution in [1.29, 1.82) is 0 Å². The van der Waals surface area contributed by atoms with Gasteiger partial charge in [0.25, 0.3) is 0 Å². The lowest BCUT2D eigenvalue weighted by molar-refractivity contribution is -0.0914. The normalized spacial score (nSPS) is 10.2. The summed E-state index contributed by atoms with van der Waals surface area (Å²) in [4.78, 5) is 11.0. The van der Waals surface area contributed by atoms with Crippen LogP contribution in [0.15, 0.2) is 24.3 Å². The van der Waals surface area contributed by atoms with Crippen LogP contribution in [0.25, 0.3) is 0 Å². The van der Waals surface area contributed by atoms with Gasteiger partial charge in [0.1, 0.15) is 0 Å². The highest BCUT2D eigenvalue weighted by Crippen LogP contribution is 2.13. The standard InChI is InChI=1S/C12H18N2O4/c1-16-11(17-2)8-13-9-4-6-10(7-5-9)14-12(15)18-3/h4-7,11,13H,8H2,1-3H3,(H,14,15). The monoisotopic (exact) mass is 254 g/mol. The van der Waals surface area contributed by atoms with E-state index in [2.05, 4.69) is 15.4 Å². The van der Waals surface area contributed by atoms with Crippen LogP contribution in [0.4, 0.5) is 16.2 Å². The summed E-state index contributed by atoms with van der Waals surface area (Å²) in [7, 11) is 4.49. The number of rotatable bonds is 6. The van der Waals surface area contributed by atoms with E-state index in [4.69, 9.17) is 9.47 Å². The minimum absolute atomic E-state index is 0.294. The molecule has 0 saturated carbocycles. The van der Waals surface area contributed by atoms with Crippen molar-refractivity contribution in [3.8, 4) is 0 Å². The molecule has 0 aliphatic carbocycles. The topological polar surface area (TPSA) is 68.8 Å². The second-order valence-electron chi connectivity index (χ2n) is 3.48. The molecule has 0 saturated heterocycles. The average Bonchev–Trinajstić information content (AvgIpc) is 2.41. The van der Waals surface area contributed by atoms with Crippen LogP contribution in [0.3, 0.4) is 0 Å². The summed E-state index contributed by atoms with van der Waals surface area (Å²) in [5.41, 5.74) is 1.58. The van der Waals surface area contributed by atoms with Gasteiger partial charge in [0, 0.05) is 25.6 Å². The smallest absolute Gasteiger partial charge is 0.411 e.